The molecule has 2 rings (SSSR count). The van der Waals surface area contributed by atoms with Gasteiger partial charge in [0.15, 0.2) is 5.65 Å². The lowest BCUT2D eigenvalue weighted by atomic mass is 10.1. The summed E-state index contributed by atoms with van der Waals surface area (Å²) >= 11 is 3.55. The van der Waals surface area contributed by atoms with E-state index in [1.807, 2.05) is 69.5 Å². The number of nitrogens with zero attached hydrogens (tertiary/aromatic N) is 4. The molecule has 0 aliphatic rings. The molecule has 188 valence electrons. The SMILES string of the molecule is C/C=C\C(OC)=C(/C)CN(C)CCCNc1cc(C(/C=C\C)=C(/C)N)nc2c(Br)cnn12.CC. The van der Waals surface area contributed by atoms with Crippen molar-refractivity contribution in [3.8, 4) is 0 Å². The second-order valence-electron chi connectivity index (χ2n) is 7.72. The number of allylic oxidation sites excluding steroid dienone is 6. The summed E-state index contributed by atoms with van der Waals surface area (Å²) in [5.74, 6) is 1.81. The molecule has 34 heavy (non-hydrogen) atoms. The molecule has 2 heterocycles. The molecule has 0 atom stereocenters. The smallest absolute Gasteiger partial charge is 0.172 e. The van der Waals surface area contributed by atoms with Crippen LogP contribution in [0.25, 0.3) is 11.2 Å². The fraction of sp³-hybridized carbons (Fsp3) is 0.462. The average molecular weight is 534 g/mol. The van der Waals surface area contributed by atoms with E-state index in [-0.39, 0.29) is 0 Å². The summed E-state index contributed by atoms with van der Waals surface area (Å²) in [4.78, 5) is 7.05. The number of ether oxygens (including phenoxy) is 1. The molecule has 3 N–H and O–H groups in total. The number of nitrogens with one attached hydrogen (secondary N) is 1. The van der Waals surface area contributed by atoms with Gasteiger partial charge in [0.2, 0.25) is 0 Å². The van der Waals surface area contributed by atoms with E-state index >= 15 is 0 Å². The first-order valence-corrected chi connectivity index (χ1v) is 12.5. The van der Waals surface area contributed by atoms with Gasteiger partial charge in [-0.2, -0.15) is 9.61 Å². The van der Waals surface area contributed by atoms with Gasteiger partial charge in [0.05, 0.1) is 23.5 Å². The minimum atomic E-state index is 0.722. The van der Waals surface area contributed by atoms with Gasteiger partial charge in [-0.3, -0.25) is 0 Å². The van der Waals surface area contributed by atoms with E-state index in [4.69, 9.17) is 15.5 Å². The second-order valence-corrected chi connectivity index (χ2v) is 8.57. The van der Waals surface area contributed by atoms with Crippen LogP contribution < -0.4 is 11.1 Å². The van der Waals surface area contributed by atoms with Crippen molar-refractivity contribution in [1.82, 2.24) is 19.5 Å². The minimum Gasteiger partial charge on any atom is -0.497 e. The van der Waals surface area contributed by atoms with Gasteiger partial charge in [-0.05, 0) is 75.3 Å². The summed E-state index contributed by atoms with van der Waals surface area (Å²) in [6.07, 6.45) is 10.7. The highest BCUT2D eigenvalue weighted by Crippen LogP contribution is 2.25. The minimum absolute atomic E-state index is 0.722. The Bertz CT molecular complexity index is 1030. The average Bonchev–Trinajstić information content (AvgIpc) is 3.20. The fourth-order valence-electron chi connectivity index (χ4n) is 3.45. The van der Waals surface area contributed by atoms with Crippen LogP contribution in [0.15, 0.2) is 58.1 Å². The molecule has 0 aliphatic heterocycles. The van der Waals surface area contributed by atoms with E-state index < -0.39 is 0 Å². The lowest BCUT2D eigenvalue weighted by Crippen LogP contribution is -2.24. The predicted octanol–water partition coefficient (Wildman–Crippen LogP) is 6.01. The Kier molecular flexibility index (Phi) is 13.3. The van der Waals surface area contributed by atoms with Crippen LogP contribution in [0, 0.1) is 0 Å². The van der Waals surface area contributed by atoms with Crippen molar-refractivity contribution in [2.24, 2.45) is 5.73 Å². The number of nitrogens with two attached hydrogens (primary N) is 1. The molecule has 0 fully saturated rings. The van der Waals surface area contributed by atoms with Crippen LogP contribution >= 0.6 is 15.9 Å². The van der Waals surface area contributed by atoms with Gasteiger partial charge in [-0.15, -0.1) is 0 Å². The van der Waals surface area contributed by atoms with E-state index in [1.165, 1.54) is 5.57 Å². The highest BCUT2D eigenvalue weighted by Gasteiger charge is 2.13. The number of fused-ring (bicyclic) bond motifs is 1. The first-order valence-electron chi connectivity index (χ1n) is 11.7. The van der Waals surface area contributed by atoms with Gasteiger partial charge in [-0.1, -0.05) is 32.1 Å². The Hall–Kier alpha value is -2.58. The molecule has 7 nitrogen and oxygen atoms in total. The summed E-state index contributed by atoms with van der Waals surface area (Å²) in [5, 5.41) is 7.97. The lowest BCUT2D eigenvalue weighted by Gasteiger charge is -2.19. The number of likely N-dealkylation sites (N-methyl/N-ethyl adjacent to an activating group) is 1. The molecule has 0 unspecified atom stereocenters. The Balaban J connectivity index is 0.00000281. The van der Waals surface area contributed by atoms with E-state index in [0.29, 0.717) is 0 Å². The summed E-state index contributed by atoms with van der Waals surface area (Å²) in [6, 6.07) is 2.00. The summed E-state index contributed by atoms with van der Waals surface area (Å²) in [6.45, 7) is 14.6. The molecule has 0 aliphatic carbocycles. The number of anilines is 1. The van der Waals surface area contributed by atoms with Crippen molar-refractivity contribution < 1.29 is 4.74 Å². The molecule has 8 heteroatoms. The lowest BCUT2D eigenvalue weighted by molar-refractivity contribution is 0.291. The third-order valence-electron chi connectivity index (χ3n) is 4.95. The molecule has 2 aromatic rings. The van der Waals surface area contributed by atoms with Crippen LogP contribution in [0.5, 0.6) is 0 Å². The van der Waals surface area contributed by atoms with Crippen LogP contribution in [-0.4, -0.2) is 53.3 Å². The Morgan fingerprint density at radius 3 is 2.50 bits per heavy atom. The monoisotopic (exact) mass is 532 g/mol. The standard InChI is InChI=1S/C24H35BrN6O.C2H6/c1-7-10-19(18(4)26)21-14-23(31-24(29-21)20(25)15-28-31)27-12-9-13-30(5)16-17(3)22(32-6)11-8-2;1-2/h7-8,10-11,14-15,27H,9,12-13,16,26H2,1-6H3;1-2H3/b10-7-,11-8-,19-18-,22-17-;. The van der Waals surface area contributed by atoms with Gasteiger partial charge in [0, 0.05) is 30.4 Å². The van der Waals surface area contributed by atoms with Crippen LogP contribution in [0.3, 0.4) is 0 Å². The van der Waals surface area contributed by atoms with Gasteiger partial charge in [0.1, 0.15) is 11.6 Å². The Morgan fingerprint density at radius 1 is 1.24 bits per heavy atom. The maximum atomic E-state index is 6.12. The molecule has 0 saturated heterocycles. The second kappa shape index (κ2) is 15.3. The van der Waals surface area contributed by atoms with Gasteiger partial charge >= 0.3 is 0 Å². The maximum absolute atomic E-state index is 6.12. The zero-order valence-electron chi connectivity index (χ0n) is 21.9. The van der Waals surface area contributed by atoms with Gasteiger partial charge in [0.25, 0.3) is 0 Å². The molecule has 0 bridgehead atoms. The molecular formula is C26H41BrN6O. The normalized spacial score (nSPS) is 13.2. The number of hydrogen-bond acceptors (Lipinski definition) is 6. The maximum Gasteiger partial charge on any atom is 0.172 e. The number of methoxy groups -OCH3 is 1. The summed E-state index contributed by atoms with van der Waals surface area (Å²) in [5.41, 5.74) is 10.5. The number of hydrogen-bond donors (Lipinski definition) is 2. The molecule has 0 aromatic carbocycles. The molecule has 0 radical (unpaired) electrons. The highest BCUT2D eigenvalue weighted by molar-refractivity contribution is 9.10. The van der Waals surface area contributed by atoms with Crippen molar-refractivity contribution >= 4 is 33.0 Å². The number of halogens is 1. The van der Waals surface area contributed by atoms with Crippen LogP contribution in [0.1, 0.15) is 53.7 Å². The summed E-state index contributed by atoms with van der Waals surface area (Å²) in [7, 11) is 3.83. The number of rotatable bonds is 11. The Morgan fingerprint density at radius 2 is 1.91 bits per heavy atom. The highest BCUT2D eigenvalue weighted by atomic mass is 79.9. The third-order valence-corrected chi connectivity index (χ3v) is 5.51. The van der Waals surface area contributed by atoms with Crippen molar-refractivity contribution in [3.63, 3.8) is 0 Å². The topological polar surface area (TPSA) is 80.7 Å². The van der Waals surface area contributed by atoms with Crippen molar-refractivity contribution in [3.05, 3.63) is 63.8 Å². The van der Waals surface area contributed by atoms with E-state index in [1.54, 1.807) is 13.3 Å². The first kappa shape index (κ1) is 29.5. The van der Waals surface area contributed by atoms with Crippen LogP contribution in [0.2, 0.25) is 0 Å². The molecular weight excluding hydrogens is 492 g/mol. The fourth-order valence-corrected chi connectivity index (χ4v) is 3.80. The Labute approximate surface area is 213 Å². The first-order chi connectivity index (χ1) is 16.3. The van der Waals surface area contributed by atoms with E-state index in [9.17, 15) is 0 Å². The molecule has 0 saturated carbocycles. The van der Waals surface area contributed by atoms with Crippen molar-refractivity contribution in [1.29, 1.82) is 0 Å². The molecule has 0 amide bonds. The van der Waals surface area contributed by atoms with E-state index in [0.717, 1.165) is 64.7 Å². The predicted molar refractivity (Wildman–Crippen MR) is 149 cm³/mol. The number of aromatic nitrogens is 3. The molecule has 0 spiro atoms. The van der Waals surface area contributed by atoms with Gasteiger partial charge in [-0.25, -0.2) is 4.98 Å². The van der Waals surface area contributed by atoms with Crippen molar-refractivity contribution in [2.75, 3.05) is 39.1 Å². The van der Waals surface area contributed by atoms with Crippen molar-refractivity contribution in [2.45, 2.75) is 48.0 Å². The summed E-state index contributed by atoms with van der Waals surface area (Å²) < 4.78 is 8.11. The van der Waals surface area contributed by atoms with Crippen LogP contribution in [-0.2, 0) is 4.74 Å². The zero-order valence-corrected chi connectivity index (χ0v) is 23.5. The third kappa shape index (κ3) is 8.33. The van der Waals surface area contributed by atoms with E-state index in [2.05, 4.69) is 45.2 Å². The van der Waals surface area contributed by atoms with Gasteiger partial charge < -0.3 is 20.7 Å². The largest absolute Gasteiger partial charge is 0.497 e. The van der Waals surface area contributed by atoms with Crippen LogP contribution in [0.4, 0.5) is 5.82 Å². The molecule has 2 aromatic heterocycles. The quantitative estimate of drug-likeness (QED) is 0.209. The zero-order chi connectivity index (χ0) is 25.7.